The molecule has 2 aromatic rings. The zero-order chi connectivity index (χ0) is 16.7. The SMILES string of the molecule is CCCOc1c(Br)cc(C(=O)NCc2cccnc2)cc1OC. The predicted octanol–water partition coefficient (Wildman–Crippen LogP) is 3.57. The molecule has 0 spiro atoms. The van der Waals surface area contributed by atoms with Crippen molar-refractivity contribution in [3.05, 3.63) is 52.3 Å². The summed E-state index contributed by atoms with van der Waals surface area (Å²) in [5.74, 6) is 0.951. The summed E-state index contributed by atoms with van der Waals surface area (Å²) in [5.41, 5.74) is 1.44. The van der Waals surface area contributed by atoms with Gasteiger partial charge in [-0.05, 0) is 46.1 Å². The van der Waals surface area contributed by atoms with Crippen molar-refractivity contribution in [2.75, 3.05) is 13.7 Å². The van der Waals surface area contributed by atoms with Crippen molar-refractivity contribution in [1.82, 2.24) is 10.3 Å². The summed E-state index contributed by atoms with van der Waals surface area (Å²) < 4.78 is 11.7. The van der Waals surface area contributed by atoms with Gasteiger partial charge in [-0.3, -0.25) is 9.78 Å². The second kappa shape index (κ2) is 8.53. The molecular formula is C17H19BrN2O3. The summed E-state index contributed by atoms with van der Waals surface area (Å²) in [6, 6.07) is 7.15. The first kappa shape index (κ1) is 17.3. The lowest BCUT2D eigenvalue weighted by Crippen LogP contribution is -2.23. The van der Waals surface area contributed by atoms with E-state index < -0.39 is 0 Å². The number of hydrogen-bond acceptors (Lipinski definition) is 4. The number of benzene rings is 1. The second-order valence-electron chi connectivity index (χ2n) is 4.88. The van der Waals surface area contributed by atoms with Crippen LogP contribution in [0.5, 0.6) is 11.5 Å². The minimum Gasteiger partial charge on any atom is -0.493 e. The molecule has 122 valence electrons. The molecule has 0 unspecified atom stereocenters. The topological polar surface area (TPSA) is 60.5 Å². The lowest BCUT2D eigenvalue weighted by atomic mass is 10.2. The summed E-state index contributed by atoms with van der Waals surface area (Å²) >= 11 is 3.44. The third-order valence-electron chi connectivity index (χ3n) is 3.12. The van der Waals surface area contributed by atoms with E-state index in [-0.39, 0.29) is 5.91 Å². The Morgan fingerprint density at radius 1 is 1.39 bits per heavy atom. The van der Waals surface area contributed by atoms with Gasteiger partial charge in [0.15, 0.2) is 11.5 Å². The summed E-state index contributed by atoms with van der Waals surface area (Å²) in [7, 11) is 1.55. The molecule has 0 bridgehead atoms. The number of aromatic nitrogens is 1. The van der Waals surface area contributed by atoms with E-state index in [1.165, 1.54) is 0 Å². The van der Waals surface area contributed by atoms with Crippen LogP contribution in [0.3, 0.4) is 0 Å². The highest BCUT2D eigenvalue weighted by Gasteiger charge is 2.15. The van der Waals surface area contributed by atoms with Crippen LogP contribution in [0.4, 0.5) is 0 Å². The van der Waals surface area contributed by atoms with Gasteiger partial charge in [-0.1, -0.05) is 13.0 Å². The quantitative estimate of drug-likeness (QED) is 0.799. The van der Waals surface area contributed by atoms with E-state index in [0.717, 1.165) is 12.0 Å². The van der Waals surface area contributed by atoms with Crippen molar-refractivity contribution in [2.24, 2.45) is 0 Å². The number of carbonyl (C=O) groups excluding carboxylic acids is 1. The Balaban J connectivity index is 2.12. The Kier molecular flexibility index (Phi) is 6.40. The Bertz CT molecular complexity index is 662. The maximum atomic E-state index is 12.3. The fraction of sp³-hybridized carbons (Fsp3) is 0.294. The number of methoxy groups -OCH3 is 1. The average Bonchev–Trinajstić information content (AvgIpc) is 2.58. The summed E-state index contributed by atoms with van der Waals surface area (Å²) in [4.78, 5) is 16.3. The van der Waals surface area contributed by atoms with Crippen LogP contribution in [-0.4, -0.2) is 24.6 Å². The van der Waals surface area contributed by atoms with Crippen LogP contribution in [0.2, 0.25) is 0 Å². The van der Waals surface area contributed by atoms with Crippen molar-refractivity contribution in [1.29, 1.82) is 0 Å². The summed E-state index contributed by atoms with van der Waals surface area (Å²) in [6.07, 6.45) is 4.31. The van der Waals surface area contributed by atoms with Crippen molar-refractivity contribution >= 4 is 21.8 Å². The number of halogens is 1. The van der Waals surface area contributed by atoms with Gasteiger partial charge >= 0.3 is 0 Å². The van der Waals surface area contributed by atoms with Gasteiger partial charge < -0.3 is 14.8 Å². The molecule has 23 heavy (non-hydrogen) atoms. The molecule has 0 radical (unpaired) electrons. The van der Waals surface area contributed by atoms with Gasteiger partial charge in [0.1, 0.15) is 0 Å². The van der Waals surface area contributed by atoms with Crippen LogP contribution in [0, 0.1) is 0 Å². The number of ether oxygens (including phenoxy) is 2. The van der Waals surface area contributed by atoms with E-state index in [1.807, 2.05) is 19.1 Å². The first-order valence-electron chi connectivity index (χ1n) is 7.33. The maximum absolute atomic E-state index is 12.3. The largest absolute Gasteiger partial charge is 0.493 e. The highest BCUT2D eigenvalue weighted by molar-refractivity contribution is 9.10. The summed E-state index contributed by atoms with van der Waals surface area (Å²) in [5, 5.41) is 2.86. The number of nitrogens with one attached hydrogen (secondary N) is 1. The van der Waals surface area contributed by atoms with Crippen molar-refractivity contribution < 1.29 is 14.3 Å². The molecule has 0 saturated carbocycles. The molecule has 0 aliphatic carbocycles. The standard InChI is InChI=1S/C17H19BrN2O3/c1-3-7-23-16-14(18)8-13(9-15(16)22-2)17(21)20-11-12-5-4-6-19-10-12/h4-6,8-10H,3,7,11H2,1-2H3,(H,20,21). The molecule has 1 aromatic carbocycles. The van der Waals surface area contributed by atoms with E-state index >= 15 is 0 Å². The highest BCUT2D eigenvalue weighted by atomic mass is 79.9. The molecule has 0 fully saturated rings. The number of nitrogens with zero attached hydrogens (tertiary/aromatic N) is 1. The number of hydrogen-bond donors (Lipinski definition) is 1. The molecule has 0 aliphatic rings. The predicted molar refractivity (Wildman–Crippen MR) is 91.9 cm³/mol. The van der Waals surface area contributed by atoms with Crippen molar-refractivity contribution in [2.45, 2.75) is 19.9 Å². The van der Waals surface area contributed by atoms with Crippen LogP contribution in [0.15, 0.2) is 41.1 Å². The molecular weight excluding hydrogens is 360 g/mol. The van der Waals surface area contributed by atoms with Crippen LogP contribution in [-0.2, 0) is 6.54 Å². The highest BCUT2D eigenvalue weighted by Crippen LogP contribution is 2.36. The zero-order valence-electron chi connectivity index (χ0n) is 13.1. The van der Waals surface area contributed by atoms with E-state index in [1.54, 1.807) is 31.6 Å². The minimum atomic E-state index is -0.185. The van der Waals surface area contributed by atoms with Gasteiger partial charge in [0, 0.05) is 24.5 Å². The van der Waals surface area contributed by atoms with Crippen LogP contribution < -0.4 is 14.8 Å². The molecule has 1 amide bonds. The molecule has 5 nitrogen and oxygen atoms in total. The lowest BCUT2D eigenvalue weighted by molar-refractivity contribution is 0.0950. The first-order chi connectivity index (χ1) is 11.2. The van der Waals surface area contributed by atoms with E-state index in [4.69, 9.17) is 9.47 Å². The van der Waals surface area contributed by atoms with Crippen LogP contribution in [0.25, 0.3) is 0 Å². The normalized spacial score (nSPS) is 10.2. The molecule has 1 N–H and O–H groups in total. The van der Waals surface area contributed by atoms with E-state index in [0.29, 0.717) is 34.7 Å². The van der Waals surface area contributed by atoms with Gasteiger partial charge in [0.05, 0.1) is 18.2 Å². The fourth-order valence-electron chi connectivity index (χ4n) is 1.98. The Labute approximate surface area is 144 Å². The van der Waals surface area contributed by atoms with Crippen LogP contribution >= 0.6 is 15.9 Å². The van der Waals surface area contributed by atoms with Gasteiger partial charge in [0.2, 0.25) is 0 Å². The number of carbonyl (C=O) groups is 1. The van der Waals surface area contributed by atoms with E-state index in [9.17, 15) is 4.79 Å². The second-order valence-corrected chi connectivity index (χ2v) is 5.74. The Morgan fingerprint density at radius 2 is 2.22 bits per heavy atom. The number of pyridine rings is 1. The van der Waals surface area contributed by atoms with Gasteiger partial charge in [0.25, 0.3) is 5.91 Å². The molecule has 1 aromatic heterocycles. The smallest absolute Gasteiger partial charge is 0.251 e. The summed E-state index contributed by atoms with van der Waals surface area (Å²) in [6.45, 7) is 3.03. The van der Waals surface area contributed by atoms with Gasteiger partial charge in [-0.15, -0.1) is 0 Å². The molecule has 1 heterocycles. The molecule has 6 heteroatoms. The molecule has 0 aliphatic heterocycles. The third kappa shape index (κ3) is 4.69. The maximum Gasteiger partial charge on any atom is 0.251 e. The fourth-order valence-corrected chi connectivity index (χ4v) is 2.54. The Hall–Kier alpha value is -2.08. The van der Waals surface area contributed by atoms with E-state index in [2.05, 4.69) is 26.2 Å². The Morgan fingerprint density at radius 3 is 2.87 bits per heavy atom. The average molecular weight is 379 g/mol. The monoisotopic (exact) mass is 378 g/mol. The zero-order valence-corrected chi connectivity index (χ0v) is 14.7. The minimum absolute atomic E-state index is 0.185. The third-order valence-corrected chi connectivity index (χ3v) is 3.71. The first-order valence-corrected chi connectivity index (χ1v) is 8.12. The van der Waals surface area contributed by atoms with Gasteiger partial charge in [-0.25, -0.2) is 0 Å². The molecule has 0 atom stereocenters. The van der Waals surface area contributed by atoms with Crippen molar-refractivity contribution in [3.63, 3.8) is 0 Å². The number of amides is 1. The van der Waals surface area contributed by atoms with Crippen LogP contribution in [0.1, 0.15) is 29.3 Å². The van der Waals surface area contributed by atoms with Gasteiger partial charge in [-0.2, -0.15) is 0 Å². The van der Waals surface area contributed by atoms with Crippen molar-refractivity contribution in [3.8, 4) is 11.5 Å². The number of rotatable bonds is 7. The lowest BCUT2D eigenvalue weighted by Gasteiger charge is -2.14. The molecule has 0 saturated heterocycles. The molecule has 2 rings (SSSR count).